The van der Waals surface area contributed by atoms with Crippen molar-refractivity contribution in [2.75, 3.05) is 40.4 Å². The van der Waals surface area contributed by atoms with Crippen LogP contribution in [0.25, 0.3) is 0 Å². The minimum absolute atomic E-state index is 0.116. The highest BCUT2D eigenvalue weighted by Gasteiger charge is 2.45. The van der Waals surface area contributed by atoms with Gasteiger partial charge in [0.1, 0.15) is 29.9 Å². The lowest BCUT2D eigenvalue weighted by Gasteiger charge is -2.38. The lowest BCUT2D eigenvalue weighted by Crippen LogP contribution is -2.57. The summed E-state index contributed by atoms with van der Waals surface area (Å²) >= 11 is 16.2. The van der Waals surface area contributed by atoms with Crippen molar-refractivity contribution < 1.29 is 23.9 Å². The van der Waals surface area contributed by atoms with Crippen molar-refractivity contribution in [3.8, 4) is 11.5 Å². The Labute approximate surface area is 259 Å². The van der Waals surface area contributed by atoms with E-state index in [4.69, 9.17) is 37.7 Å². The molecule has 2 unspecified atom stereocenters. The van der Waals surface area contributed by atoms with Crippen LogP contribution in [0.3, 0.4) is 0 Å². The molecule has 218 valence electrons. The number of rotatable bonds is 7. The van der Waals surface area contributed by atoms with E-state index in [2.05, 4.69) is 12.6 Å². The number of benzene rings is 3. The highest BCUT2D eigenvalue weighted by molar-refractivity contribution is 7.96. The van der Waals surface area contributed by atoms with E-state index in [9.17, 15) is 14.4 Å². The summed E-state index contributed by atoms with van der Waals surface area (Å²) in [5, 5.41) is 0.707. The van der Waals surface area contributed by atoms with Crippen LogP contribution in [0.4, 0.5) is 4.79 Å². The number of urea groups is 1. The first-order valence-corrected chi connectivity index (χ1v) is 14.3. The number of halogens is 2. The van der Waals surface area contributed by atoms with Crippen LogP contribution in [0.15, 0.2) is 71.7 Å². The van der Waals surface area contributed by atoms with Gasteiger partial charge in [0.2, 0.25) is 11.0 Å². The molecule has 2 aliphatic rings. The molecule has 42 heavy (non-hydrogen) atoms. The molecule has 0 aromatic heterocycles. The monoisotopic (exact) mass is 626 g/mol. The number of carbonyl (C=O) groups is 3. The van der Waals surface area contributed by atoms with Crippen LogP contribution in [0.5, 0.6) is 11.5 Å². The molecule has 0 aliphatic carbocycles. The standard InChI is InChI=1S/C30H28Cl2N4O5S/c1-40-22-11-12-23(24(15-22)41-2)29-33-27(18-3-7-20(31)8-4-18)28(19-5-9-21(32)10-6-19)36(29)30(39)35-14-13-34(17-26(38)42)25(37)16-35/h3-12,15,27-28H,13-14,16-17H2,1-2H3,(H,38,42). The van der Waals surface area contributed by atoms with Crippen LogP contribution in [0.2, 0.25) is 10.0 Å². The second-order valence-corrected chi connectivity index (χ2v) is 11.2. The molecular weight excluding hydrogens is 599 g/mol. The maximum atomic E-state index is 14.5. The van der Waals surface area contributed by atoms with Gasteiger partial charge in [0.05, 0.1) is 32.4 Å². The van der Waals surface area contributed by atoms with E-state index in [1.807, 2.05) is 24.3 Å². The number of piperazine rings is 1. The van der Waals surface area contributed by atoms with E-state index in [1.165, 1.54) is 16.9 Å². The van der Waals surface area contributed by atoms with Crippen molar-refractivity contribution in [2.45, 2.75) is 12.1 Å². The van der Waals surface area contributed by atoms with Gasteiger partial charge < -0.3 is 19.3 Å². The van der Waals surface area contributed by atoms with Gasteiger partial charge in [0, 0.05) is 29.2 Å². The average molecular weight is 628 g/mol. The summed E-state index contributed by atoms with van der Waals surface area (Å²) in [6.45, 7) is 0.126. The topological polar surface area (TPSA) is 91.8 Å². The first-order valence-electron chi connectivity index (χ1n) is 13.1. The summed E-state index contributed by atoms with van der Waals surface area (Å²) < 4.78 is 11.1. The molecular formula is C30H28Cl2N4O5S. The Morgan fingerprint density at radius 3 is 2.14 bits per heavy atom. The van der Waals surface area contributed by atoms with E-state index < -0.39 is 23.2 Å². The number of methoxy groups -OCH3 is 2. The molecule has 0 bridgehead atoms. The van der Waals surface area contributed by atoms with Gasteiger partial charge in [0.15, 0.2) is 0 Å². The van der Waals surface area contributed by atoms with E-state index in [-0.39, 0.29) is 32.1 Å². The van der Waals surface area contributed by atoms with E-state index in [0.717, 1.165) is 11.1 Å². The van der Waals surface area contributed by atoms with Crippen LogP contribution in [-0.4, -0.2) is 78.0 Å². The molecule has 1 saturated heterocycles. The third-order valence-electron chi connectivity index (χ3n) is 7.26. The Hall–Kier alpha value is -3.73. The highest BCUT2D eigenvalue weighted by Crippen LogP contribution is 2.45. The lowest BCUT2D eigenvalue weighted by atomic mass is 9.93. The first kappa shape index (κ1) is 29.8. The summed E-state index contributed by atoms with van der Waals surface area (Å²) in [5.41, 5.74) is 2.21. The predicted octanol–water partition coefficient (Wildman–Crippen LogP) is 5.28. The fourth-order valence-corrected chi connectivity index (χ4v) is 5.62. The third kappa shape index (κ3) is 6.06. The second-order valence-electron chi connectivity index (χ2n) is 9.79. The molecule has 2 atom stereocenters. The molecule has 5 rings (SSSR count). The molecule has 0 saturated carbocycles. The highest BCUT2D eigenvalue weighted by atomic mass is 35.5. The number of thiol groups is 1. The van der Waals surface area contributed by atoms with Crippen LogP contribution in [-0.2, 0) is 9.59 Å². The number of hydrogen-bond donors (Lipinski definition) is 1. The summed E-state index contributed by atoms with van der Waals surface area (Å²) in [7, 11) is 3.09. The van der Waals surface area contributed by atoms with Gasteiger partial charge in [0.25, 0.3) is 0 Å². The van der Waals surface area contributed by atoms with Crippen molar-refractivity contribution in [3.05, 3.63) is 93.5 Å². The maximum absolute atomic E-state index is 14.5. The molecule has 9 nitrogen and oxygen atoms in total. The average Bonchev–Trinajstić information content (AvgIpc) is 3.38. The minimum atomic E-state index is -0.593. The zero-order chi connectivity index (χ0) is 30.0. The molecule has 0 N–H and O–H groups in total. The van der Waals surface area contributed by atoms with Crippen LogP contribution < -0.4 is 9.47 Å². The molecule has 3 aromatic carbocycles. The fourth-order valence-electron chi connectivity index (χ4n) is 5.19. The predicted molar refractivity (Wildman–Crippen MR) is 164 cm³/mol. The largest absolute Gasteiger partial charge is 0.497 e. The van der Waals surface area contributed by atoms with Crippen molar-refractivity contribution in [1.82, 2.24) is 14.7 Å². The van der Waals surface area contributed by atoms with Crippen molar-refractivity contribution >= 4 is 58.7 Å². The molecule has 2 heterocycles. The summed E-state index contributed by atoms with van der Waals surface area (Å²) in [6, 6.07) is 18.4. The van der Waals surface area contributed by atoms with Crippen molar-refractivity contribution in [3.63, 3.8) is 0 Å². The minimum Gasteiger partial charge on any atom is -0.497 e. The molecule has 12 heteroatoms. The van der Waals surface area contributed by atoms with Crippen molar-refractivity contribution in [2.24, 2.45) is 4.99 Å². The van der Waals surface area contributed by atoms with Gasteiger partial charge in [-0.2, -0.15) is 0 Å². The molecule has 1 fully saturated rings. The molecule has 0 spiro atoms. The normalized spacial score (nSPS) is 18.6. The van der Waals surface area contributed by atoms with E-state index in [1.54, 1.807) is 54.5 Å². The number of nitrogens with zero attached hydrogens (tertiary/aromatic N) is 4. The summed E-state index contributed by atoms with van der Waals surface area (Å²) in [4.78, 5) is 48.5. The Balaban J connectivity index is 1.63. The quantitative estimate of drug-likeness (QED) is 0.361. The molecule has 2 aliphatic heterocycles. The SMILES string of the molecule is COc1ccc(C2=NC(c3ccc(Cl)cc3)C(c3ccc(Cl)cc3)N2C(=O)N2CCN(CC(=O)S)C(=O)C2)c(OC)c1. The smallest absolute Gasteiger partial charge is 0.326 e. The van der Waals surface area contributed by atoms with Gasteiger partial charge in [-0.1, -0.05) is 47.5 Å². The Morgan fingerprint density at radius 2 is 1.57 bits per heavy atom. The summed E-state index contributed by atoms with van der Waals surface area (Å²) in [5.74, 6) is 1.08. The molecule has 3 aromatic rings. The summed E-state index contributed by atoms with van der Waals surface area (Å²) in [6.07, 6.45) is 0. The Morgan fingerprint density at radius 1 is 0.929 bits per heavy atom. The maximum Gasteiger partial charge on any atom is 0.326 e. The van der Waals surface area contributed by atoms with Gasteiger partial charge >= 0.3 is 6.03 Å². The molecule has 0 radical (unpaired) electrons. The van der Waals surface area contributed by atoms with Crippen LogP contribution in [0, 0.1) is 0 Å². The van der Waals surface area contributed by atoms with Crippen molar-refractivity contribution in [1.29, 1.82) is 0 Å². The molecule has 3 amide bonds. The Bertz CT molecular complexity index is 1530. The van der Waals surface area contributed by atoms with Gasteiger partial charge in [-0.15, -0.1) is 12.6 Å². The first-order chi connectivity index (χ1) is 20.2. The zero-order valence-electron chi connectivity index (χ0n) is 22.9. The lowest BCUT2D eigenvalue weighted by molar-refractivity contribution is -0.137. The number of carbonyl (C=O) groups excluding carboxylic acids is 3. The van der Waals surface area contributed by atoms with E-state index >= 15 is 0 Å². The van der Waals surface area contributed by atoms with Gasteiger partial charge in [-0.05, 0) is 47.5 Å². The van der Waals surface area contributed by atoms with Gasteiger partial charge in [-0.3, -0.25) is 19.5 Å². The zero-order valence-corrected chi connectivity index (χ0v) is 25.3. The number of ether oxygens (including phenoxy) is 2. The van der Waals surface area contributed by atoms with Gasteiger partial charge in [-0.25, -0.2) is 4.79 Å². The number of amidine groups is 1. The number of hydrogen-bond acceptors (Lipinski definition) is 6. The van der Waals surface area contributed by atoms with Crippen LogP contribution in [0.1, 0.15) is 28.8 Å². The number of amides is 3. The number of aliphatic imine (C=N–C) groups is 1. The third-order valence-corrected chi connectivity index (χ3v) is 7.91. The van der Waals surface area contributed by atoms with E-state index in [0.29, 0.717) is 32.9 Å². The van der Waals surface area contributed by atoms with Crippen LogP contribution >= 0.6 is 35.8 Å². The second kappa shape index (κ2) is 12.6. The Kier molecular flexibility index (Phi) is 8.96. The fraction of sp³-hybridized carbons (Fsp3) is 0.267.